The van der Waals surface area contributed by atoms with Crippen LogP contribution < -0.4 is 25.4 Å². The van der Waals surface area contributed by atoms with Crippen molar-refractivity contribution >= 4 is 34.4 Å². The molecule has 0 fully saturated rings. The summed E-state index contributed by atoms with van der Waals surface area (Å²) in [4.78, 5) is 25.3. The maximum atomic E-state index is 11.7. The van der Waals surface area contributed by atoms with Gasteiger partial charge in [-0.15, -0.1) is 0 Å². The number of pyridine rings is 1. The normalized spacial score (nSPS) is 10.7. The average molecular weight is 496 g/mol. The largest absolute Gasteiger partial charge is 0.493 e. The zero-order valence-electron chi connectivity index (χ0n) is 20.5. The molecule has 10 heteroatoms. The first-order chi connectivity index (χ1) is 18.1. The van der Waals surface area contributed by atoms with Gasteiger partial charge in [0.2, 0.25) is 0 Å². The van der Waals surface area contributed by atoms with Crippen molar-refractivity contribution in [3.63, 3.8) is 0 Å². The molecular weight excluding hydrogens is 470 g/mol. The number of methoxy groups -OCH3 is 2. The molecule has 2 aromatic carbocycles. The van der Waals surface area contributed by atoms with Crippen LogP contribution in [0.4, 0.5) is 22.9 Å². The van der Waals surface area contributed by atoms with Crippen molar-refractivity contribution in [3.8, 4) is 22.8 Å². The van der Waals surface area contributed by atoms with Gasteiger partial charge in [-0.1, -0.05) is 12.1 Å². The molecule has 0 saturated carbocycles. The van der Waals surface area contributed by atoms with Crippen LogP contribution in [-0.4, -0.2) is 46.5 Å². The standard InChI is InChI=1S/C27H25N7O3/c1-28-27(35)21-9-7-20(15-30-21)31-18-6-4-5-17(13-18)22-16-34-12-11-29-26(34)25(33-22)32-19-8-10-23(36-2)24(14-19)37-3/h4-16,31H,1-3H3,(H,28,35)(H,32,33). The van der Waals surface area contributed by atoms with Crippen molar-refractivity contribution in [3.05, 3.63) is 85.1 Å². The lowest BCUT2D eigenvalue weighted by Crippen LogP contribution is -2.18. The number of aromatic nitrogens is 4. The first-order valence-corrected chi connectivity index (χ1v) is 11.5. The lowest BCUT2D eigenvalue weighted by molar-refractivity contribution is 0.0958. The second-order valence-corrected chi connectivity index (χ2v) is 8.04. The molecule has 0 aliphatic carbocycles. The van der Waals surface area contributed by atoms with E-state index in [4.69, 9.17) is 14.5 Å². The fraction of sp³-hybridized carbons (Fsp3) is 0.111. The van der Waals surface area contributed by atoms with Gasteiger partial charge in [-0.3, -0.25) is 4.79 Å². The molecule has 10 nitrogen and oxygen atoms in total. The van der Waals surface area contributed by atoms with Gasteiger partial charge in [-0.25, -0.2) is 15.0 Å². The number of carbonyl (C=O) groups excluding carboxylic acids is 1. The van der Waals surface area contributed by atoms with E-state index in [1.54, 1.807) is 39.7 Å². The van der Waals surface area contributed by atoms with E-state index in [0.717, 1.165) is 28.3 Å². The van der Waals surface area contributed by atoms with Gasteiger partial charge in [0.15, 0.2) is 23.0 Å². The monoisotopic (exact) mass is 495 g/mol. The number of nitrogens with one attached hydrogen (secondary N) is 3. The van der Waals surface area contributed by atoms with Crippen molar-refractivity contribution in [1.29, 1.82) is 0 Å². The average Bonchev–Trinajstić information content (AvgIpc) is 3.42. The van der Waals surface area contributed by atoms with Gasteiger partial charge in [-0.05, 0) is 36.4 Å². The number of ether oxygens (including phenoxy) is 2. The second kappa shape index (κ2) is 10.2. The molecule has 3 heterocycles. The van der Waals surface area contributed by atoms with Crippen LogP contribution in [0, 0.1) is 0 Å². The first kappa shape index (κ1) is 23.6. The SMILES string of the molecule is CNC(=O)c1ccc(Nc2cccc(-c3cn4ccnc4c(Nc4ccc(OC)c(OC)c4)n3)c2)cn1. The summed E-state index contributed by atoms with van der Waals surface area (Å²) in [6.45, 7) is 0. The number of anilines is 4. The Labute approximate surface area is 213 Å². The molecule has 0 saturated heterocycles. The quantitative estimate of drug-likeness (QED) is 0.285. The first-order valence-electron chi connectivity index (χ1n) is 11.5. The molecule has 0 aliphatic heterocycles. The van der Waals surface area contributed by atoms with Crippen molar-refractivity contribution < 1.29 is 14.3 Å². The maximum Gasteiger partial charge on any atom is 0.269 e. The molecule has 0 aliphatic rings. The summed E-state index contributed by atoms with van der Waals surface area (Å²) in [5.74, 6) is 1.62. The highest BCUT2D eigenvalue weighted by molar-refractivity contribution is 5.92. The number of hydrogen-bond donors (Lipinski definition) is 3. The van der Waals surface area contributed by atoms with E-state index in [2.05, 4.69) is 25.9 Å². The van der Waals surface area contributed by atoms with E-state index in [0.29, 0.717) is 28.7 Å². The highest BCUT2D eigenvalue weighted by atomic mass is 16.5. The van der Waals surface area contributed by atoms with Gasteiger partial charge in [0.25, 0.3) is 5.91 Å². The summed E-state index contributed by atoms with van der Waals surface area (Å²) < 4.78 is 12.7. The Balaban J connectivity index is 1.44. The highest BCUT2D eigenvalue weighted by Gasteiger charge is 2.12. The van der Waals surface area contributed by atoms with Gasteiger partial charge in [0.05, 0.1) is 31.8 Å². The van der Waals surface area contributed by atoms with Crippen LogP contribution in [0.3, 0.4) is 0 Å². The van der Waals surface area contributed by atoms with Gasteiger partial charge in [0, 0.05) is 48.6 Å². The highest BCUT2D eigenvalue weighted by Crippen LogP contribution is 2.32. The van der Waals surface area contributed by atoms with E-state index >= 15 is 0 Å². The van der Waals surface area contributed by atoms with Crippen LogP contribution in [-0.2, 0) is 0 Å². The summed E-state index contributed by atoms with van der Waals surface area (Å²) >= 11 is 0. The van der Waals surface area contributed by atoms with E-state index < -0.39 is 0 Å². The summed E-state index contributed by atoms with van der Waals surface area (Å²) in [5, 5.41) is 9.25. The number of hydrogen-bond acceptors (Lipinski definition) is 8. The van der Waals surface area contributed by atoms with Gasteiger partial charge in [0.1, 0.15) is 5.69 Å². The third-order valence-electron chi connectivity index (χ3n) is 5.69. The molecule has 0 radical (unpaired) electrons. The Bertz CT molecular complexity index is 1560. The number of imidazole rings is 1. The van der Waals surface area contributed by atoms with Crippen LogP contribution in [0.2, 0.25) is 0 Å². The summed E-state index contributed by atoms with van der Waals surface area (Å²) in [6, 6.07) is 16.9. The minimum Gasteiger partial charge on any atom is -0.493 e. The lowest BCUT2D eigenvalue weighted by atomic mass is 10.1. The van der Waals surface area contributed by atoms with Crippen LogP contribution in [0.15, 0.2) is 79.4 Å². The third-order valence-corrected chi connectivity index (χ3v) is 5.69. The van der Waals surface area contributed by atoms with Gasteiger partial charge in [-0.2, -0.15) is 0 Å². The Kier molecular flexibility index (Phi) is 6.54. The number of carbonyl (C=O) groups is 1. The van der Waals surface area contributed by atoms with Crippen molar-refractivity contribution in [2.75, 3.05) is 31.9 Å². The van der Waals surface area contributed by atoms with Crippen LogP contribution >= 0.6 is 0 Å². The van der Waals surface area contributed by atoms with Gasteiger partial charge < -0.3 is 29.8 Å². The molecular formula is C27H25N7O3. The smallest absolute Gasteiger partial charge is 0.269 e. The minimum atomic E-state index is -0.230. The maximum absolute atomic E-state index is 11.7. The van der Waals surface area contributed by atoms with Crippen molar-refractivity contribution in [1.82, 2.24) is 24.7 Å². The lowest BCUT2D eigenvalue weighted by Gasteiger charge is -2.13. The predicted octanol–water partition coefficient (Wildman–Crippen LogP) is 4.66. The Morgan fingerprint density at radius 3 is 2.46 bits per heavy atom. The van der Waals surface area contributed by atoms with E-state index in [1.165, 1.54) is 0 Å². The van der Waals surface area contributed by atoms with Crippen LogP contribution in [0.25, 0.3) is 16.9 Å². The van der Waals surface area contributed by atoms with Crippen molar-refractivity contribution in [2.24, 2.45) is 0 Å². The topological polar surface area (TPSA) is 115 Å². The van der Waals surface area contributed by atoms with Crippen LogP contribution in [0.5, 0.6) is 11.5 Å². The number of fused-ring (bicyclic) bond motifs is 1. The second-order valence-electron chi connectivity index (χ2n) is 8.04. The molecule has 186 valence electrons. The number of benzene rings is 2. The fourth-order valence-corrected chi connectivity index (χ4v) is 3.86. The van der Waals surface area contributed by atoms with E-state index in [1.807, 2.05) is 65.3 Å². The molecule has 5 rings (SSSR count). The summed E-state index contributed by atoms with van der Waals surface area (Å²) in [7, 11) is 4.77. The molecule has 3 aromatic heterocycles. The Morgan fingerprint density at radius 2 is 1.70 bits per heavy atom. The minimum absolute atomic E-state index is 0.230. The fourth-order valence-electron chi connectivity index (χ4n) is 3.86. The van der Waals surface area contributed by atoms with E-state index in [-0.39, 0.29) is 5.91 Å². The number of amides is 1. The summed E-state index contributed by atoms with van der Waals surface area (Å²) in [6.07, 6.45) is 7.16. The molecule has 0 spiro atoms. The summed E-state index contributed by atoms with van der Waals surface area (Å²) in [5.41, 5.74) is 5.11. The predicted molar refractivity (Wildman–Crippen MR) is 142 cm³/mol. The Hall–Kier alpha value is -5.12. The zero-order valence-corrected chi connectivity index (χ0v) is 20.5. The number of rotatable bonds is 8. The molecule has 0 unspecified atom stereocenters. The molecule has 37 heavy (non-hydrogen) atoms. The zero-order chi connectivity index (χ0) is 25.8. The van der Waals surface area contributed by atoms with E-state index in [9.17, 15) is 4.79 Å². The van der Waals surface area contributed by atoms with Crippen LogP contribution in [0.1, 0.15) is 10.5 Å². The molecule has 5 aromatic rings. The Morgan fingerprint density at radius 1 is 0.892 bits per heavy atom. The van der Waals surface area contributed by atoms with Crippen molar-refractivity contribution in [2.45, 2.75) is 0 Å². The molecule has 0 atom stereocenters. The van der Waals surface area contributed by atoms with Gasteiger partial charge >= 0.3 is 0 Å². The molecule has 3 N–H and O–H groups in total. The number of nitrogens with zero attached hydrogens (tertiary/aromatic N) is 4. The third kappa shape index (κ3) is 4.98. The molecule has 1 amide bonds. The molecule has 0 bridgehead atoms.